The maximum absolute atomic E-state index is 15.0. The third-order valence-electron chi connectivity index (χ3n) is 16.9. The molecule has 0 aromatic heterocycles. The topological polar surface area (TPSA) is 211 Å². The van der Waals surface area contributed by atoms with E-state index in [0.29, 0.717) is 69.8 Å². The average molecular weight is 1070 g/mol. The molecular weight excluding hydrogens is 979 g/mol. The second kappa shape index (κ2) is 28.9. The number of esters is 2. The smallest absolute Gasteiger partial charge is 0.329 e. The Morgan fingerprint density at radius 1 is 0.867 bits per heavy atom. The normalized spacial score (nSPS) is 34.3. The maximum Gasteiger partial charge on any atom is 0.329 e. The zero-order valence-electron chi connectivity index (χ0n) is 47.8. The lowest BCUT2D eigenvalue weighted by Gasteiger charge is -2.47. The third-order valence-corrected chi connectivity index (χ3v) is 21.4. The summed E-state index contributed by atoms with van der Waals surface area (Å²) in [5, 5.41) is 21.0. The van der Waals surface area contributed by atoms with Gasteiger partial charge in [-0.3, -0.25) is 24.0 Å². The molecule has 2 N–H and O–H groups in total. The molecule has 16 nitrogen and oxygen atoms in total. The molecular formula is C58H95NO15Si. The molecule has 1 unspecified atom stereocenters. The summed E-state index contributed by atoms with van der Waals surface area (Å²) in [6, 6.07) is -1.16. The van der Waals surface area contributed by atoms with E-state index in [-0.39, 0.29) is 67.3 Å². The monoisotopic (exact) mass is 1070 g/mol. The van der Waals surface area contributed by atoms with Gasteiger partial charge in [-0.1, -0.05) is 78.2 Å². The Morgan fingerprint density at radius 3 is 2.12 bits per heavy atom. The number of Topliss-reactive ketones (excluding diaryl/α,β-unsaturated/α-hetero) is 2. The fourth-order valence-electron chi connectivity index (χ4n) is 11.4. The second-order valence-corrected chi connectivity index (χ2v) is 28.6. The van der Waals surface area contributed by atoms with Gasteiger partial charge in [0.05, 0.1) is 24.4 Å². The van der Waals surface area contributed by atoms with E-state index in [0.717, 1.165) is 18.4 Å². The van der Waals surface area contributed by atoms with Crippen molar-refractivity contribution >= 4 is 43.7 Å². The van der Waals surface area contributed by atoms with Crippen molar-refractivity contribution in [3.05, 3.63) is 36.0 Å². The first-order valence-electron chi connectivity index (χ1n) is 27.8. The number of aliphatic carboxylic acids is 1. The summed E-state index contributed by atoms with van der Waals surface area (Å²) in [5.41, 5.74) is 1.70. The molecule has 3 fully saturated rings. The molecule has 1 amide bonds. The van der Waals surface area contributed by atoms with Gasteiger partial charge in [-0.25, -0.2) is 4.79 Å². The van der Waals surface area contributed by atoms with E-state index < -0.39 is 104 Å². The second-order valence-electron chi connectivity index (χ2n) is 23.9. The van der Waals surface area contributed by atoms with Crippen molar-refractivity contribution in [1.82, 2.24) is 4.90 Å². The Bertz CT molecular complexity index is 2010. The number of hydrogen-bond acceptors (Lipinski definition) is 14. The predicted molar refractivity (Wildman–Crippen MR) is 288 cm³/mol. The van der Waals surface area contributed by atoms with Crippen LogP contribution >= 0.6 is 0 Å². The Balaban J connectivity index is 1.80. The largest absolute Gasteiger partial charge is 0.481 e. The van der Waals surface area contributed by atoms with Crippen LogP contribution in [0.15, 0.2) is 36.0 Å². The third kappa shape index (κ3) is 17.5. The van der Waals surface area contributed by atoms with Crippen LogP contribution < -0.4 is 0 Å². The van der Waals surface area contributed by atoms with Crippen LogP contribution in [0, 0.1) is 29.6 Å². The minimum Gasteiger partial charge on any atom is -0.481 e. The van der Waals surface area contributed by atoms with E-state index in [9.17, 15) is 29.1 Å². The van der Waals surface area contributed by atoms with Crippen LogP contribution in [-0.2, 0) is 61.6 Å². The number of unbranched alkanes of at least 4 members (excludes halogenated alkanes) is 3. The van der Waals surface area contributed by atoms with E-state index in [1.54, 1.807) is 27.2 Å². The zero-order valence-corrected chi connectivity index (χ0v) is 48.8. The molecule has 17 heteroatoms. The summed E-state index contributed by atoms with van der Waals surface area (Å²) < 4.78 is 44.1. The lowest BCUT2D eigenvalue weighted by molar-refractivity contribution is -0.302. The number of nitrogens with zero attached hydrogens (tertiary/aromatic N) is 1. The quantitative estimate of drug-likeness (QED) is 0.0457. The number of hydrogen-bond donors (Lipinski definition) is 2. The number of aliphatic hydroxyl groups is 1. The number of carbonyl (C=O) groups excluding carboxylic acids is 5. The predicted octanol–water partition coefficient (Wildman–Crippen LogP) is 9.64. The van der Waals surface area contributed by atoms with Gasteiger partial charge >= 0.3 is 17.9 Å². The summed E-state index contributed by atoms with van der Waals surface area (Å²) in [5.74, 6) is -8.68. The van der Waals surface area contributed by atoms with Crippen LogP contribution in [0.4, 0.5) is 0 Å². The molecule has 3 aliphatic heterocycles. The van der Waals surface area contributed by atoms with E-state index in [1.165, 1.54) is 12.0 Å². The molecule has 14 atom stereocenters. The van der Waals surface area contributed by atoms with Crippen LogP contribution in [0.2, 0.25) is 18.1 Å². The number of carboxylic acid groups (broad SMARTS) is 1. The van der Waals surface area contributed by atoms with E-state index in [2.05, 4.69) is 53.4 Å². The number of cyclic esters (lactones) is 1. The van der Waals surface area contributed by atoms with Crippen molar-refractivity contribution in [2.24, 2.45) is 29.6 Å². The summed E-state index contributed by atoms with van der Waals surface area (Å²) in [6.07, 6.45) is 8.83. The zero-order chi connectivity index (χ0) is 56.0. The highest BCUT2D eigenvalue weighted by Gasteiger charge is 2.57. The molecule has 426 valence electrons. The Morgan fingerprint density at radius 2 is 1.51 bits per heavy atom. The van der Waals surface area contributed by atoms with Crippen molar-refractivity contribution in [2.45, 2.75) is 237 Å². The van der Waals surface area contributed by atoms with Crippen LogP contribution in [0.1, 0.15) is 165 Å². The molecule has 0 spiro atoms. The van der Waals surface area contributed by atoms with Gasteiger partial charge in [0.1, 0.15) is 30.1 Å². The Labute approximate surface area is 449 Å². The van der Waals surface area contributed by atoms with Crippen LogP contribution in [-0.4, -0.2) is 141 Å². The fourth-order valence-corrected chi connectivity index (χ4v) is 12.8. The van der Waals surface area contributed by atoms with Crippen LogP contribution in [0.25, 0.3) is 0 Å². The number of ether oxygens (including phenoxy) is 6. The van der Waals surface area contributed by atoms with Crippen molar-refractivity contribution in [2.75, 3.05) is 27.9 Å². The molecule has 3 heterocycles. The first-order valence-corrected chi connectivity index (χ1v) is 30.7. The number of rotatable bonds is 17. The van der Waals surface area contributed by atoms with Gasteiger partial charge in [-0.2, -0.15) is 0 Å². The van der Waals surface area contributed by atoms with Crippen LogP contribution in [0.5, 0.6) is 0 Å². The SMILES string of the molecule is C=CC[C@@H]1/C=C(\C)C[C@H](C)C[C@H](OC)[C@H]2O[C@@](O)(C(=O)C(=O)N3CCCCC3C(=O)O[C@H](/C(C)=C/[C@@H]3CC[C@@H](OC(=O)CCCCCCC(=O)O)[C@H](OC)C3)[C@H](C)[C@@H](O[Si](C)(C)C(C)(C)C)CC1=O)[C@H](C)C[C@@H]2OC. The first-order chi connectivity index (χ1) is 35.2. The van der Waals surface area contributed by atoms with Crippen molar-refractivity contribution in [3.63, 3.8) is 0 Å². The lowest BCUT2D eigenvalue weighted by atomic mass is 9.81. The lowest BCUT2D eigenvalue weighted by Crippen LogP contribution is -2.64. The van der Waals surface area contributed by atoms with Crippen LogP contribution in [0.3, 0.4) is 0 Å². The van der Waals surface area contributed by atoms with Crippen molar-refractivity contribution < 1.29 is 71.8 Å². The van der Waals surface area contributed by atoms with Crippen molar-refractivity contribution in [3.8, 4) is 0 Å². The van der Waals surface area contributed by atoms with E-state index >= 15 is 4.79 Å². The number of fused-ring (bicyclic) bond motifs is 3. The van der Waals surface area contributed by atoms with Gasteiger partial charge in [0, 0.05) is 64.9 Å². The van der Waals surface area contributed by atoms with Gasteiger partial charge < -0.3 is 48.0 Å². The molecule has 1 saturated carbocycles. The number of piperidine rings is 1. The van der Waals surface area contributed by atoms with Gasteiger partial charge in [0.25, 0.3) is 11.7 Å². The number of allylic oxidation sites excluding steroid dienone is 4. The molecule has 1 aliphatic carbocycles. The van der Waals surface area contributed by atoms with Gasteiger partial charge in [-0.15, -0.1) is 6.58 Å². The highest BCUT2D eigenvalue weighted by molar-refractivity contribution is 6.74. The van der Waals surface area contributed by atoms with Gasteiger partial charge in [0.15, 0.2) is 8.32 Å². The van der Waals surface area contributed by atoms with Gasteiger partial charge in [-0.05, 0) is 126 Å². The molecule has 2 bridgehead atoms. The van der Waals surface area contributed by atoms with Crippen molar-refractivity contribution in [1.29, 1.82) is 0 Å². The minimum absolute atomic E-state index is 0.00318. The minimum atomic E-state index is -2.62. The number of carboxylic acids is 1. The van der Waals surface area contributed by atoms with E-state index in [1.807, 2.05) is 26.8 Å². The highest BCUT2D eigenvalue weighted by Crippen LogP contribution is 2.42. The molecule has 4 rings (SSSR count). The summed E-state index contributed by atoms with van der Waals surface area (Å²) in [6.45, 7) is 24.3. The number of carbonyl (C=O) groups is 6. The van der Waals surface area contributed by atoms with E-state index in [4.69, 9.17) is 38.0 Å². The highest BCUT2D eigenvalue weighted by atomic mass is 28.4. The Kier molecular flexibility index (Phi) is 24.6. The van der Waals surface area contributed by atoms with Gasteiger partial charge in [0.2, 0.25) is 5.79 Å². The maximum atomic E-state index is 15.0. The molecule has 0 aromatic carbocycles. The molecule has 0 radical (unpaired) electrons. The number of amides is 1. The average Bonchev–Trinajstić information content (AvgIpc) is 3.35. The fraction of sp³-hybridized carbons (Fsp3) is 0.793. The number of methoxy groups -OCH3 is 3. The molecule has 75 heavy (non-hydrogen) atoms. The summed E-state index contributed by atoms with van der Waals surface area (Å²) >= 11 is 0. The molecule has 0 aromatic rings. The standard InChI is InChI=1S/C58H95NO15Si/c1-15-22-42-30-36(2)29-37(3)31-48(69-11)53-49(70-12)33-39(5)58(67,73-53)54(64)55(65)59-28-21-20-23-43(59)56(66)72-52(40(6)46(35-44(42)60)74-75(13,14)57(7,8)9)38(4)32-41-26-27-45(47(34-41)68-10)71-51(63)25-19-17-16-18-24-50(61)62/h15,30,32,37,39-43,45-49,52-53,67H,1,16-29,31,33-35H2,2-14H3,(H,61,62)/b36-30+,38-32+/t37-,39+,40+,41-,42+,43?,45+,46-,47+,48-,49-,52+,53+,58+/m0/s1. The Hall–Kier alpha value is -3.58. The molecule has 4 aliphatic rings. The summed E-state index contributed by atoms with van der Waals surface area (Å²) in [7, 11) is 2.06. The summed E-state index contributed by atoms with van der Waals surface area (Å²) in [4.78, 5) is 84.2. The number of ketones is 2. The first kappa shape index (κ1) is 63.9. The molecule has 2 saturated heterocycles.